The first-order valence-corrected chi connectivity index (χ1v) is 8.46. The van der Waals surface area contributed by atoms with E-state index < -0.39 is 0 Å². The van der Waals surface area contributed by atoms with E-state index >= 15 is 0 Å². The van der Waals surface area contributed by atoms with Gasteiger partial charge in [0.05, 0.1) is 30.0 Å². The Bertz CT molecular complexity index is 767. The molecule has 0 N–H and O–H groups in total. The van der Waals surface area contributed by atoms with Crippen LogP contribution in [0.25, 0.3) is 0 Å². The Morgan fingerprint density at radius 1 is 1.36 bits per heavy atom. The van der Waals surface area contributed by atoms with Gasteiger partial charge in [-0.05, 0) is 31.9 Å². The fourth-order valence-electron chi connectivity index (χ4n) is 3.53. The zero-order valence-corrected chi connectivity index (χ0v) is 15.5. The summed E-state index contributed by atoms with van der Waals surface area (Å²) in [7, 11) is 7.36. The molecule has 25 heavy (non-hydrogen) atoms. The lowest BCUT2D eigenvalue weighted by Gasteiger charge is -2.25. The van der Waals surface area contributed by atoms with Gasteiger partial charge in [0, 0.05) is 33.9 Å². The summed E-state index contributed by atoms with van der Waals surface area (Å²) in [6.07, 6.45) is 3.54. The van der Waals surface area contributed by atoms with Crippen LogP contribution in [-0.2, 0) is 7.05 Å². The SMILES string of the molecule is COc1c([C@H]2CCCN2C(=O)c2ccc(N(C)C)nc2)c(C)nn1C. The largest absolute Gasteiger partial charge is 0.481 e. The Morgan fingerprint density at radius 2 is 2.12 bits per heavy atom. The summed E-state index contributed by atoms with van der Waals surface area (Å²) >= 11 is 0. The number of rotatable bonds is 4. The zero-order valence-electron chi connectivity index (χ0n) is 15.5. The minimum Gasteiger partial charge on any atom is -0.481 e. The molecule has 1 amide bonds. The quantitative estimate of drug-likeness (QED) is 0.851. The minimum absolute atomic E-state index is 0.00520. The van der Waals surface area contributed by atoms with Gasteiger partial charge in [0.25, 0.3) is 5.91 Å². The van der Waals surface area contributed by atoms with Crippen molar-refractivity contribution in [2.24, 2.45) is 7.05 Å². The summed E-state index contributed by atoms with van der Waals surface area (Å²) in [6, 6.07) is 3.70. The molecule has 1 saturated heterocycles. The number of aryl methyl sites for hydroxylation is 2. The lowest BCUT2D eigenvalue weighted by atomic mass is 10.0. The van der Waals surface area contributed by atoms with Crippen molar-refractivity contribution in [1.82, 2.24) is 19.7 Å². The number of ether oxygens (including phenoxy) is 1. The molecule has 1 aliphatic rings. The highest BCUT2D eigenvalue weighted by Gasteiger charge is 2.35. The molecule has 1 atom stereocenters. The van der Waals surface area contributed by atoms with Gasteiger partial charge in [-0.2, -0.15) is 5.10 Å². The third-order valence-electron chi connectivity index (χ3n) is 4.71. The van der Waals surface area contributed by atoms with Crippen LogP contribution in [0.1, 0.15) is 40.5 Å². The van der Waals surface area contributed by atoms with E-state index in [4.69, 9.17) is 4.74 Å². The van der Waals surface area contributed by atoms with Crippen molar-refractivity contribution in [3.05, 3.63) is 35.2 Å². The molecule has 1 fully saturated rings. The Balaban J connectivity index is 1.90. The topological polar surface area (TPSA) is 63.5 Å². The van der Waals surface area contributed by atoms with Gasteiger partial charge in [-0.3, -0.25) is 4.79 Å². The third-order valence-corrected chi connectivity index (χ3v) is 4.71. The number of anilines is 1. The number of nitrogens with zero attached hydrogens (tertiary/aromatic N) is 5. The van der Waals surface area contributed by atoms with Crippen LogP contribution in [-0.4, -0.2) is 53.3 Å². The van der Waals surface area contributed by atoms with Crippen LogP contribution in [0, 0.1) is 6.92 Å². The van der Waals surface area contributed by atoms with Gasteiger partial charge in [0.2, 0.25) is 5.88 Å². The summed E-state index contributed by atoms with van der Waals surface area (Å²) in [4.78, 5) is 21.2. The number of carbonyl (C=O) groups excluding carboxylic acids is 1. The first-order chi connectivity index (χ1) is 11.9. The molecule has 3 heterocycles. The first kappa shape index (κ1) is 17.3. The van der Waals surface area contributed by atoms with Crippen LogP contribution in [0.3, 0.4) is 0 Å². The van der Waals surface area contributed by atoms with Crippen molar-refractivity contribution in [2.45, 2.75) is 25.8 Å². The van der Waals surface area contributed by atoms with Crippen molar-refractivity contribution in [2.75, 3.05) is 32.6 Å². The first-order valence-electron chi connectivity index (χ1n) is 8.46. The number of carbonyl (C=O) groups is 1. The number of likely N-dealkylation sites (tertiary alicyclic amines) is 1. The van der Waals surface area contributed by atoms with E-state index in [1.807, 2.05) is 50.0 Å². The molecule has 7 heteroatoms. The molecule has 2 aromatic rings. The van der Waals surface area contributed by atoms with Crippen LogP contribution in [0.5, 0.6) is 5.88 Å². The molecule has 0 spiro atoms. The molecule has 0 bridgehead atoms. The summed E-state index contributed by atoms with van der Waals surface area (Å²) in [6.45, 7) is 2.70. The van der Waals surface area contributed by atoms with Crippen molar-refractivity contribution < 1.29 is 9.53 Å². The molecule has 134 valence electrons. The maximum Gasteiger partial charge on any atom is 0.255 e. The lowest BCUT2D eigenvalue weighted by molar-refractivity contribution is 0.0733. The number of hydrogen-bond acceptors (Lipinski definition) is 5. The molecule has 2 aromatic heterocycles. The second-order valence-electron chi connectivity index (χ2n) is 6.59. The predicted molar refractivity (Wildman–Crippen MR) is 96.1 cm³/mol. The molecule has 3 rings (SSSR count). The average Bonchev–Trinajstić information content (AvgIpc) is 3.17. The molecule has 0 aromatic carbocycles. The van der Waals surface area contributed by atoms with E-state index in [2.05, 4.69) is 10.1 Å². The molecule has 0 aliphatic carbocycles. The summed E-state index contributed by atoms with van der Waals surface area (Å²) in [5.74, 6) is 1.56. The fraction of sp³-hybridized carbons (Fsp3) is 0.500. The molecule has 7 nitrogen and oxygen atoms in total. The summed E-state index contributed by atoms with van der Waals surface area (Å²) in [5.41, 5.74) is 2.52. The third kappa shape index (κ3) is 3.06. The van der Waals surface area contributed by atoms with Crippen LogP contribution in [0.15, 0.2) is 18.3 Å². The molecule has 0 unspecified atom stereocenters. The zero-order chi connectivity index (χ0) is 18.1. The van der Waals surface area contributed by atoms with E-state index in [1.165, 1.54) is 0 Å². The van der Waals surface area contributed by atoms with E-state index in [1.54, 1.807) is 18.0 Å². The van der Waals surface area contributed by atoms with E-state index in [-0.39, 0.29) is 11.9 Å². The fourth-order valence-corrected chi connectivity index (χ4v) is 3.53. The van der Waals surface area contributed by atoms with Crippen molar-refractivity contribution >= 4 is 11.7 Å². The Morgan fingerprint density at radius 3 is 2.72 bits per heavy atom. The van der Waals surface area contributed by atoms with E-state index in [0.717, 1.165) is 42.3 Å². The van der Waals surface area contributed by atoms with Crippen LogP contribution in [0.4, 0.5) is 5.82 Å². The van der Waals surface area contributed by atoms with Gasteiger partial charge in [-0.25, -0.2) is 9.67 Å². The molecular formula is C18H25N5O2. The smallest absolute Gasteiger partial charge is 0.255 e. The maximum atomic E-state index is 13.0. The van der Waals surface area contributed by atoms with E-state index in [0.29, 0.717) is 5.56 Å². The summed E-state index contributed by atoms with van der Waals surface area (Å²) < 4.78 is 7.27. The van der Waals surface area contributed by atoms with Crippen LogP contribution < -0.4 is 9.64 Å². The van der Waals surface area contributed by atoms with Crippen molar-refractivity contribution in [1.29, 1.82) is 0 Å². The number of aromatic nitrogens is 3. The number of hydrogen-bond donors (Lipinski definition) is 0. The van der Waals surface area contributed by atoms with Gasteiger partial charge >= 0.3 is 0 Å². The minimum atomic E-state index is -0.00956. The Labute approximate surface area is 148 Å². The van der Waals surface area contributed by atoms with Gasteiger partial charge < -0.3 is 14.5 Å². The number of methoxy groups -OCH3 is 1. The second-order valence-corrected chi connectivity index (χ2v) is 6.59. The number of pyridine rings is 1. The van der Waals surface area contributed by atoms with Gasteiger partial charge in [-0.1, -0.05) is 0 Å². The molecule has 0 radical (unpaired) electrons. The van der Waals surface area contributed by atoms with Crippen LogP contribution >= 0.6 is 0 Å². The maximum absolute atomic E-state index is 13.0. The highest BCUT2D eigenvalue weighted by atomic mass is 16.5. The normalized spacial score (nSPS) is 17.0. The number of amides is 1. The standard InChI is InChI=1S/C18H25N5O2/c1-12-16(18(25-5)22(4)20-12)14-7-6-10-23(14)17(24)13-8-9-15(19-11-13)21(2)3/h8-9,11,14H,6-7,10H2,1-5H3/t14-/m1/s1. The Kier molecular flexibility index (Phi) is 4.65. The second kappa shape index (κ2) is 6.74. The van der Waals surface area contributed by atoms with Gasteiger partial charge in [0.15, 0.2) is 0 Å². The average molecular weight is 343 g/mol. The lowest BCUT2D eigenvalue weighted by Crippen LogP contribution is -2.31. The predicted octanol–water partition coefficient (Wildman–Crippen LogP) is 2.18. The summed E-state index contributed by atoms with van der Waals surface area (Å²) in [5, 5.41) is 4.46. The molecular weight excluding hydrogens is 318 g/mol. The van der Waals surface area contributed by atoms with Gasteiger partial charge in [0.1, 0.15) is 5.82 Å². The van der Waals surface area contributed by atoms with Crippen molar-refractivity contribution in [3.63, 3.8) is 0 Å². The van der Waals surface area contributed by atoms with Gasteiger partial charge in [-0.15, -0.1) is 0 Å². The van der Waals surface area contributed by atoms with Crippen LogP contribution in [0.2, 0.25) is 0 Å². The monoisotopic (exact) mass is 343 g/mol. The highest BCUT2D eigenvalue weighted by Crippen LogP contribution is 2.39. The Hall–Kier alpha value is -2.57. The highest BCUT2D eigenvalue weighted by molar-refractivity contribution is 5.94. The molecule has 0 saturated carbocycles. The van der Waals surface area contributed by atoms with E-state index in [9.17, 15) is 4.79 Å². The molecule has 1 aliphatic heterocycles. The van der Waals surface area contributed by atoms with Crippen molar-refractivity contribution in [3.8, 4) is 5.88 Å².